The van der Waals surface area contributed by atoms with E-state index in [1.165, 1.54) is 16.4 Å². The Hall–Kier alpha value is -1.55. The van der Waals surface area contributed by atoms with E-state index in [-0.39, 0.29) is 24.1 Å². The molecule has 3 heterocycles. The lowest BCUT2D eigenvalue weighted by Crippen LogP contribution is -2.44. The molecule has 2 aromatic heterocycles. The summed E-state index contributed by atoms with van der Waals surface area (Å²) in [6.07, 6.45) is 1.75. The second-order valence-electron chi connectivity index (χ2n) is 6.49. The van der Waals surface area contributed by atoms with Gasteiger partial charge in [-0.1, -0.05) is 18.5 Å². The van der Waals surface area contributed by atoms with Gasteiger partial charge < -0.3 is 10.7 Å². The monoisotopic (exact) mass is 401 g/mol. The molecule has 0 spiro atoms. The smallest absolute Gasteiger partial charge is 0.215 e. The molecule has 1 aliphatic heterocycles. The van der Waals surface area contributed by atoms with Crippen molar-refractivity contribution in [3.63, 3.8) is 0 Å². The molecule has 26 heavy (non-hydrogen) atoms. The Bertz CT molecular complexity index is 871. The molecule has 10 heteroatoms. The Morgan fingerprint density at radius 3 is 2.85 bits per heavy atom. The normalized spacial score (nSPS) is 21.8. The number of pyridine rings is 1. The first kappa shape index (κ1) is 19.2. The van der Waals surface area contributed by atoms with Crippen LogP contribution in [-0.2, 0) is 10.0 Å². The van der Waals surface area contributed by atoms with Gasteiger partial charge in [0.2, 0.25) is 10.0 Å². The predicted molar refractivity (Wildman–Crippen MR) is 97.7 cm³/mol. The highest BCUT2D eigenvalue weighted by molar-refractivity contribution is 7.89. The average Bonchev–Trinajstić information content (AvgIpc) is 2.97. The molecule has 0 unspecified atom stereocenters. The molecule has 2 atom stereocenters. The maximum absolute atomic E-state index is 13.0. The van der Waals surface area contributed by atoms with E-state index in [2.05, 4.69) is 15.0 Å². The number of nitrogens with one attached hydrogen (secondary N) is 1. The molecule has 3 rings (SSSR count). The molecule has 142 valence electrons. The zero-order chi connectivity index (χ0) is 18.9. The van der Waals surface area contributed by atoms with Crippen LogP contribution in [0, 0.1) is 11.7 Å². The largest absolute Gasteiger partial charge is 0.339 e. The van der Waals surface area contributed by atoms with Crippen LogP contribution in [0.1, 0.15) is 25.0 Å². The fourth-order valence-electron chi connectivity index (χ4n) is 3.32. The van der Waals surface area contributed by atoms with Crippen LogP contribution in [0.15, 0.2) is 18.3 Å². The fourth-order valence-corrected chi connectivity index (χ4v) is 4.99. The first-order chi connectivity index (χ1) is 12.3. The molecule has 0 saturated carbocycles. The number of piperidine rings is 1. The van der Waals surface area contributed by atoms with Gasteiger partial charge >= 0.3 is 0 Å². The Morgan fingerprint density at radius 1 is 1.46 bits per heavy atom. The topological polar surface area (TPSA) is 105 Å². The minimum Gasteiger partial charge on any atom is -0.339 e. The number of sulfonamides is 1. The van der Waals surface area contributed by atoms with Crippen molar-refractivity contribution in [2.75, 3.05) is 25.4 Å². The number of nitrogens with zero attached hydrogens (tertiary/aromatic N) is 3. The van der Waals surface area contributed by atoms with Crippen LogP contribution in [0.4, 0.5) is 4.39 Å². The highest BCUT2D eigenvalue weighted by atomic mass is 35.5. The van der Waals surface area contributed by atoms with E-state index in [4.69, 9.17) is 17.3 Å². The number of imidazole rings is 1. The quantitative estimate of drug-likeness (QED) is 0.796. The fraction of sp³-hybridized carbons (Fsp3) is 0.500. The lowest BCUT2D eigenvalue weighted by atomic mass is 9.86. The molecule has 7 nitrogen and oxygen atoms in total. The van der Waals surface area contributed by atoms with E-state index in [1.54, 1.807) is 0 Å². The van der Waals surface area contributed by atoms with Crippen molar-refractivity contribution in [3.8, 4) is 11.5 Å². The third-order valence-electron chi connectivity index (χ3n) is 4.66. The van der Waals surface area contributed by atoms with Crippen molar-refractivity contribution in [1.29, 1.82) is 0 Å². The maximum atomic E-state index is 13.0. The number of H-pyrrole nitrogens is 1. The summed E-state index contributed by atoms with van der Waals surface area (Å²) in [6, 6.07) is 2.83. The number of hydrogen-bond donors (Lipinski definition) is 2. The summed E-state index contributed by atoms with van der Waals surface area (Å²) in [6.45, 7) is 2.92. The highest BCUT2D eigenvalue weighted by Gasteiger charge is 2.35. The molecule has 1 fully saturated rings. The summed E-state index contributed by atoms with van der Waals surface area (Å²) in [5.74, 6) is 0.105. The van der Waals surface area contributed by atoms with E-state index in [1.807, 2.05) is 6.92 Å². The number of aromatic amines is 1. The van der Waals surface area contributed by atoms with E-state index in [0.29, 0.717) is 36.2 Å². The summed E-state index contributed by atoms with van der Waals surface area (Å²) in [4.78, 5) is 11.5. The van der Waals surface area contributed by atoms with Gasteiger partial charge in [0, 0.05) is 25.6 Å². The van der Waals surface area contributed by atoms with Crippen molar-refractivity contribution in [2.24, 2.45) is 11.7 Å². The molecule has 3 N–H and O–H groups in total. The van der Waals surface area contributed by atoms with E-state index in [0.717, 1.165) is 11.9 Å². The summed E-state index contributed by atoms with van der Waals surface area (Å²) in [5.41, 5.74) is 6.65. The molecule has 0 aliphatic carbocycles. The number of nitrogens with two attached hydrogens (primary N) is 1. The van der Waals surface area contributed by atoms with Gasteiger partial charge in [-0.25, -0.2) is 27.1 Å². The van der Waals surface area contributed by atoms with Crippen molar-refractivity contribution in [3.05, 3.63) is 35.0 Å². The molecule has 0 aromatic carbocycles. The summed E-state index contributed by atoms with van der Waals surface area (Å²) < 4.78 is 39.0. The maximum Gasteiger partial charge on any atom is 0.215 e. The van der Waals surface area contributed by atoms with Crippen LogP contribution in [0.2, 0.25) is 5.15 Å². The third kappa shape index (κ3) is 3.90. The lowest BCUT2D eigenvalue weighted by Gasteiger charge is -2.35. The standard InChI is InChI=1S/C16H21ClFN5O2S/c1-10-9-23(26(24,25)7-5-19)6-4-12(10)14-15(17)22-16(21-14)13-3-2-11(18)8-20-13/h2-3,8,10,12H,4-7,9,19H2,1H3,(H,21,22)/t10-,12+/m0/s1. The number of halogens is 2. The highest BCUT2D eigenvalue weighted by Crippen LogP contribution is 2.37. The van der Waals surface area contributed by atoms with Crippen LogP contribution in [-0.4, -0.2) is 53.1 Å². The van der Waals surface area contributed by atoms with Gasteiger partial charge in [-0.3, -0.25) is 0 Å². The van der Waals surface area contributed by atoms with Gasteiger partial charge in [0.05, 0.1) is 17.6 Å². The van der Waals surface area contributed by atoms with E-state index in [9.17, 15) is 12.8 Å². The zero-order valence-electron chi connectivity index (χ0n) is 14.3. The molecule has 0 amide bonds. The number of aromatic nitrogens is 3. The van der Waals surface area contributed by atoms with Crippen LogP contribution in [0.25, 0.3) is 11.5 Å². The third-order valence-corrected chi connectivity index (χ3v) is 6.82. The first-order valence-electron chi connectivity index (χ1n) is 8.37. The summed E-state index contributed by atoms with van der Waals surface area (Å²) in [5, 5.41) is 0.334. The minimum atomic E-state index is -3.32. The number of hydrogen-bond acceptors (Lipinski definition) is 5. The molecular weight excluding hydrogens is 381 g/mol. The van der Waals surface area contributed by atoms with Gasteiger partial charge in [-0.2, -0.15) is 0 Å². The van der Waals surface area contributed by atoms with Gasteiger partial charge in [0.1, 0.15) is 11.5 Å². The Balaban J connectivity index is 1.79. The van der Waals surface area contributed by atoms with Gasteiger partial charge in [0.25, 0.3) is 0 Å². The Kier molecular flexibility index (Phi) is 5.61. The second kappa shape index (κ2) is 7.59. The van der Waals surface area contributed by atoms with Crippen molar-refractivity contribution >= 4 is 21.6 Å². The van der Waals surface area contributed by atoms with Crippen molar-refractivity contribution in [2.45, 2.75) is 19.3 Å². The molecule has 0 bridgehead atoms. The average molecular weight is 402 g/mol. The molecule has 2 aromatic rings. The van der Waals surface area contributed by atoms with Gasteiger partial charge in [-0.15, -0.1) is 0 Å². The van der Waals surface area contributed by atoms with Crippen LogP contribution in [0.3, 0.4) is 0 Å². The number of rotatable bonds is 5. The SMILES string of the molecule is C[C@H]1CN(S(=O)(=O)CCN)CC[C@H]1c1[nH]c(-c2ccc(F)cn2)nc1Cl. The Morgan fingerprint density at radius 2 is 2.23 bits per heavy atom. The summed E-state index contributed by atoms with van der Waals surface area (Å²) in [7, 11) is -3.32. The zero-order valence-corrected chi connectivity index (χ0v) is 15.9. The van der Waals surface area contributed by atoms with Crippen molar-refractivity contribution < 1.29 is 12.8 Å². The lowest BCUT2D eigenvalue weighted by molar-refractivity contribution is 0.246. The van der Waals surface area contributed by atoms with Crippen molar-refractivity contribution in [1.82, 2.24) is 19.3 Å². The Labute approximate surface area is 156 Å². The second-order valence-corrected chi connectivity index (χ2v) is 8.93. The van der Waals surface area contributed by atoms with E-state index < -0.39 is 15.8 Å². The van der Waals surface area contributed by atoms with E-state index >= 15 is 0 Å². The van der Waals surface area contributed by atoms with Crippen LogP contribution >= 0.6 is 11.6 Å². The first-order valence-corrected chi connectivity index (χ1v) is 10.4. The molecule has 0 radical (unpaired) electrons. The molecule has 1 aliphatic rings. The van der Waals surface area contributed by atoms with Gasteiger partial charge in [-0.05, 0) is 24.5 Å². The minimum absolute atomic E-state index is 0.0460. The predicted octanol–water partition coefficient (Wildman–Crippen LogP) is 1.98. The molecule has 1 saturated heterocycles. The summed E-state index contributed by atoms with van der Waals surface area (Å²) >= 11 is 6.31. The van der Waals surface area contributed by atoms with Gasteiger partial charge in [0.15, 0.2) is 11.0 Å². The van der Waals surface area contributed by atoms with Crippen LogP contribution < -0.4 is 5.73 Å². The van der Waals surface area contributed by atoms with Crippen LogP contribution in [0.5, 0.6) is 0 Å². The molecular formula is C16H21ClFN5O2S.